The number of rotatable bonds is 5. The summed E-state index contributed by atoms with van der Waals surface area (Å²) in [5.74, 6) is -0.117. The van der Waals surface area contributed by atoms with Crippen molar-refractivity contribution in [1.82, 2.24) is 25.2 Å². The van der Waals surface area contributed by atoms with E-state index in [1.165, 1.54) is 0 Å². The van der Waals surface area contributed by atoms with Crippen molar-refractivity contribution in [1.29, 1.82) is 0 Å². The lowest BCUT2D eigenvalue weighted by Crippen LogP contribution is -2.69. The highest BCUT2D eigenvalue weighted by Gasteiger charge is 2.53. The van der Waals surface area contributed by atoms with Crippen molar-refractivity contribution in [3.05, 3.63) is 23.7 Å². The van der Waals surface area contributed by atoms with Gasteiger partial charge in [0.1, 0.15) is 29.1 Å². The summed E-state index contributed by atoms with van der Waals surface area (Å²) in [6.45, 7) is 4.77. The van der Waals surface area contributed by atoms with E-state index >= 15 is 0 Å². The maximum atomic E-state index is 13.1. The van der Waals surface area contributed by atoms with Crippen molar-refractivity contribution < 1.29 is 14.3 Å². The number of likely N-dealkylation sites (tertiary alicyclic amines) is 1. The lowest BCUT2D eigenvalue weighted by molar-refractivity contribution is -0.196. The van der Waals surface area contributed by atoms with Crippen LogP contribution in [0, 0.1) is 11.3 Å². The number of hydrogen-bond acceptors (Lipinski definition) is 7. The Hall–Kier alpha value is -3.14. The molecule has 31 heavy (non-hydrogen) atoms. The zero-order valence-corrected chi connectivity index (χ0v) is 17.2. The zero-order valence-electron chi connectivity index (χ0n) is 17.2. The number of amides is 2. The third-order valence-electron chi connectivity index (χ3n) is 6.45. The largest absolute Gasteiger partial charge is 0.380 e. The molecule has 2 N–H and O–H groups in total. The van der Waals surface area contributed by atoms with Crippen LogP contribution >= 0.6 is 0 Å². The molecule has 2 aromatic rings. The Morgan fingerprint density at radius 2 is 2.13 bits per heavy atom. The van der Waals surface area contributed by atoms with Crippen LogP contribution in [-0.2, 0) is 9.53 Å². The fourth-order valence-electron chi connectivity index (χ4n) is 4.49. The molecule has 1 aliphatic carbocycles. The molecule has 5 heterocycles. The SMILES string of the molecule is CC1N=CC(c2cnc3[nH]cc(C(=O)N[C@@H](C(=O)N4CC5(COC5)C4)C4CC4)c3n2)=N1. The Balaban J connectivity index is 1.22. The first kappa shape index (κ1) is 18.6. The molecule has 10 heteroatoms. The highest BCUT2D eigenvalue weighted by atomic mass is 16.5. The molecule has 160 valence electrons. The van der Waals surface area contributed by atoms with Crippen LogP contribution < -0.4 is 5.32 Å². The van der Waals surface area contributed by atoms with Crippen LogP contribution in [0.25, 0.3) is 11.2 Å². The summed E-state index contributed by atoms with van der Waals surface area (Å²) >= 11 is 0. The quantitative estimate of drug-likeness (QED) is 0.729. The van der Waals surface area contributed by atoms with E-state index in [4.69, 9.17) is 4.74 Å². The summed E-state index contributed by atoms with van der Waals surface area (Å²) in [4.78, 5) is 48.6. The zero-order chi connectivity index (χ0) is 21.2. The molecule has 1 spiro atoms. The number of carbonyl (C=O) groups is 2. The van der Waals surface area contributed by atoms with E-state index in [2.05, 4.69) is 30.3 Å². The number of H-pyrrole nitrogens is 1. The van der Waals surface area contributed by atoms with Gasteiger partial charge in [-0.15, -0.1) is 0 Å². The van der Waals surface area contributed by atoms with Gasteiger partial charge in [-0.25, -0.2) is 9.97 Å². The van der Waals surface area contributed by atoms with Crippen molar-refractivity contribution in [3.63, 3.8) is 0 Å². The third-order valence-corrected chi connectivity index (χ3v) is 6.45. The van der Waals surface area contributed by atoms with Crippen LogP contribution in [0.2, 0.25) is 0 Å². The molecular formula is C21H23N7O3. The number of hydrogen-bond donors (Lipinski definition) is 2. The average molecular weight is 421 g/mol. The van der Waals surface area contributed by atoms with Crippen LogP contribution in [0.4, 0.5) is 0 Å². The molecule has 0 radical (unpaired) electrons. The van der Waals surface area contributed by atoms with Gasteiger partial charge in [0.15, 0.2) is 5.65 Å². The Morgan fingerprint density at radius 3 is 2.77 bits per heavy atom. The summed E-state index contributed by atoms with van der Waals surface area (Å²) in [7, 11) is 0. The van der Waals surface area contributed by atoms with Crippen LogP contribution in [-0.4, -0.2) is 82.1 Å². The van der Waals surface area contributed by atoms with Gasteiger partial charge in [0, 0.05) is 19.3 Å². The number of ether oxygens (including phenoxy) is 1. The minimum Gasteiger partial charge on any atom is -0.380 e. The number of nitrogens with one attached hydrogen (secondary N) is 2. The molecule has 1 saturated carbocycles. The number of fused-ring (bicyclic) bond motifs is 1. The molecule has 6 rings (SSSR count). The predicted octanol–water partition coefficient (Wildman–Crippen LogP) is 0.545. The maximum absolute atomic E-state index is 13.1. The topological polar surface area (TPSA) is 125 Å². The van der Waals surface area contributed by atoms with E-state index in [9.17, 15) is 9.59 Å². The van der Waals surface area contributed by atoms with Gasteiger partial charge in [-0.2, -0.15) is 0 Å². The molecule has 1 unspecified atom stereocenters. The van der Waals surface area contributed by atoms with E-state index in [-0.39, 0.29) is 29.3 Å². The van der Waals surface area contributed by atoms with E-state index in [0.717, 1.165) is 39.1 Å². The van der Waals surface area contributed by atoms with Crippen LogP contribution in [0.3, 0.4) is 0 Å². The molecule has 3 fully saturated rings. The number of aliphatic imine (C=N–C) groups is 2. The first-order valence-electron chi connectivity index (χ1n) is 10.6. The minimum atomic E-state index is -0.501. The maximum Gasteiger partial charge on any atom is 0.255 e. The first-order valence-corrected chi connectivity index (χ1v) is 10.6. The highest BCUT2D eigenvalue weighted by Crippen LogP contribution is 2.40. The smallest absolute Gasteiger partial charge is 0.255 e. The van der Waals surface area contributed by atoms with Gasteiger partial charge in [0.2, 0.25) is 5.91 Å². The Kier molecular flexibility index (Phi) is 4.01. The van der Waals surface area contributed by atoms with Crippen LogP contribution in [0.1, 0.15) is 35.8 Å². The molecule has 10 nitrogen and oxygen atoms in total. The lowest BCUT2D eigenvalue weighted by atomic mass is 9.77. The number of nitrogens with zero attached hydrogens (tertiary/aromatic N) is 5. The van der Waals surface area contributed by atoms with Crippen molar-refractivity contribution >= 4 is 34.9 Å². The molecule has 0 bridgehead atoms. The molecule has 3 aliphatic heterocycles. The van der Waals surface area contributed by atoms with Crippen molar-refractivity contribution in [2.45, 2.75) is 32.0 Å². The van der Waals surface area contributed by atoms with Crippen molar-refractivity contribution in [3.8, 4) is 0 Å². The standard InChI is InChI=1S/C21H23N7O3/c1-11-22-5-14(25-11)15-6-24-18-17(26-15)13(4-23-18)19(29)27-16(12-2-3-12)20(30)28-7-21(8-28)9-31-10-21/h4-6,11-12,16H,2-3,7-10H2,1H3,(H,23,24)(H,27,29)/t11?,16-/m1/s1. The van der Waals surface area contributed by atoms with Gasteiger partial charge in [0.05, 0.1) is 36.6 Å². The van der Waals surface area contributed by atoms with E-state index in [0.29, 0.717) is 28.1 Å². The second kappa shape index (κ2) is 6.68. The number of aromatic amines is 1. The summed E-state index contributed by atoms with van der Waals surface area (Å²) in [6.07, 6.45) is 6.64. The van der Waals surface area contributed by atoms with Gasteiger partial charge in [-0.1, -0.05) is 0 Å². The molecule has 0 aromatic carbocycles. The second-order valence-corrected chi connectivity index (χ2v) is 9.05. The third kappa shape index (κ3) is 3.13. The predicted molar refractivity (Wildman–Crippen MR) is 112 cm³/mol. The number of aromatic nitrogens is 3. The fourth-order valence-corrected chi connectivity index (χ4v) is 4.49. The summed E-state index contributed by atoms with van der Waals surface area (Å²) < 4.78 is 5.29. The molecule has 2 amide bonds. The molecule has 2 atom stereocenters. The van der Waals surface area contributed by atoms with Gasteiger partial charge in [-0.05, 0) is 25.7 Å². The Labute approximate surface area is 178 Å². The number of carbonyl (C=O) groups excluding carboxylic acids is 2. The van der Waals surface area contributed by atoms with E-state index in [1.807, 2.05) is 11.8 Å². The molecule has 4 aliphatic rings. The Morgan fingerprint density at radius 1 is 1.32 bits per heavy atom. The van der Waals surface area contributed by atoms with Crippen LogP contribution in [0.5, 0.6) is 0 Å². The fraction of sp³-hybridized carbons (Fsp3) is 0.524. The second-order valence-electron chi connectivity index (χ2n) is 9.05. The van der Waals surface area contributed by atoms with E-state index in [1.54, 1.807) is 18.6 Å². The summed E-state index contributed by atoms with van der Waals surface area (Å²) in [5.41, 5.74) is 2.72. The molecule has 2 aromatic heterocycles. The normalized spacial score (nSPS) is 24.6. The van der Waals surface area contributed by atoms with Gasteiger partial charge in [-0.3, -0.25) is 19.6 Å². The lowest BCUT2D eigenvalue weighted by Gasteiger charge is -2.55. The summed E-state index contributed by atoms with van der Waals surface area (Å²) in [5, 5.41) is 2.98. The van der Waals surface area contributed by atoms with Gasteiger partial charge in [0.25, 0.3) is 5.91 Å². The van der Waals surface area contributed by atoms with E-state index < -0.39 is 6.04 Å². The van der Waals surface area contributed by atoms with Gasteiger partial charge < -0.3 is 19.9 Å². The van der Waals surface area contributed by atoms with Crippen molar-refractivity contribution in [2.75, 3.05) is 26.3 Å². The Bertz CT molecular complexity index is 1140. The highest BCUT2D eigenvalue weighted by molar-refractivity contribution is 6.38. The minimum absolute atomic E-state index is 0.00509. The van der Waals surface area contributed by atoms with Crippen molar-refractivity contribution in [2.24, 2.45) is 21.3 Å². The van der Waals surface area contributed by atoms with Gasteiger partial charge >= 0.3 is 0 Å². The molecular weight excluding hydrogens is 398 g/mol. The summed E-state index contributed by atoms with van der Waals surface area (Å²) in [6, 6.07) is -0.501. The average Bonchev–Trinajstić information content (AvgIpc) is 3.29. The first-order chi connectivity index (χ1) is 15.0. The molecule has 2 saturated heterocycles. The monoisotopic (exact) mass is 421 g/mol. The van der Waals surface area contributed by atoms with Crippen LogP contribution in [0.15, 0.2) is 22.4 Å².